The second-order valence-corrected chi connectivity index (χ2v) is 8.32. The van der Waals surface area contributed by atoms with Crippen LogP contribution in [0, 0.1) is 19.8 Å². The number of aromatic nitrogens is 3. The predicted octanol–water partition coefficient (Wildman–Crippen LogP) is 2.87. The van der Waals surface area contributed by atoms with Crippen LogP contribution >= 0.6 is 0 Å². The molecular weight excluding hydrogens is 368 g/mol. The summed E-state index contributed by atoms with van der Waals surface area (Å²) in [6.45, 7) is 12.4. The summed E-state index contributed by atoms with van der Waals surface area (Å²) in [6, 6.07) is -0.0511. The average Bonchev–Trinajstić information content (AvgIpc) is 3.42. The van der Waals surface area contributed by atoms with Crippen LogP contribution < -0.4 is 16.4 Å². The van der Waals surface area contributed by atoms with Gasteiger partial charge in [-0.05, 0) is 52.0 Å². The topological polar surface area (TPSA) is 107 Å². The van der Waals surface area contributed by atoms with Crippen molar-refractivity contribution < 1.29 is 9.53 Å². The number of urea groups is 1. The Morgan fingerprint density at radius 1 is 1.24 bits per heavy atom. The molecule has 2 aromatic heterocycles. The molecule has 1 aliphatic rings. The van der Waals surface area contributed by atoms with Gasteiger partial charge >= 0.3 is 6.03 Å². The summed E-state index contributed by atoms with van der Waals surface area (Å²) in [5, 5.41) is 5.59. The van der Waals surface area contributed by atoms with Crippen molar-refractivity contribution in [2.24, 2.45) is 5.92 Å². The number of carbonyl (C=O) groups excluding carboxylic acids is 1. The van der Waals surface area contributed by atoms with E-state index in [0.29, 0.717) is 44.0 Å². The molecule has 0 aliphatic heterocycles. The molecule has 0 saturated heterocycles. The number of aryl methyl sites for hydroxylation is 2. The summed E-state index contributed by atoms with van der Waals surface area (Å²) in [7, 11) is 0. The van der Waals surface area contributed by atoms with Crippen LogP contribution in [0.1, 0.15) is 56.6 Å². The first kappa shape index (κ1) is 21.4. The molecule has 1 unspecified atom stereocenters. The van der Waals surface area contributed by atoms with E-state index >= 15 is 0 Å². The minimum atomic E-state index is -0.168. The van der Waals surface area contributed by atoms with Gasteiger partial charge in [0.2, 0.25) is 0 Å². The number of ether oxygens (including phenoxy) is 1. The average molecular weight is 403 g/mol. The van der Waals surface area contributed by atoms with Gasteiger partial charge in [0.25, 0.3) is 0 Å². The number of nitrogens with one attached hydrogen (secondary N) is 2. The van der Waals surface area contributed by atoms with Gasteiger partial charge in [-0.1, -0.05) is 6.92 Å². The molecule has 0 spiro atoms. The normalized spacial score (nSPS) is 15.1. The maximum Gasteiger partial charge on any atom is 0.315 e. The van der Waals surface area contributed by atoms with Crippen LogP contribution in [0.5, 0.6) is 0 Å². The molecule has 1 aliphatic carbocycles. The third-order valence-corrected chi connectivity index (χ3v) is 5.57. The molecule has 4 N–H and O–H groups in total. The predicted molar refractivity (Wildman–Crippen MR) is 115 cm³/mol. The SMILES string of the molecule is Cc1nc(N)c2nc(C(C)C3CC3)n(CCOCCNC(=O)NC(C)C)c2c1C. The molecule has 0 bridgehead atoms. The quantitative estimate of drug-likeness (QED) is 0.559. The van der Waals surface area contributed by atoms with Gasteiger partial charge in [0, 0.05) is 30.7 Å². The molecule has 8 nitrogen and oxygen atoms in total. The Hall–Kier alpha value is -2.35. The second kappa shape index (κ2) is 8.98. The number of nitrogen functional groups attached to an aromatic ring is 1. The van der Waals surface area contributed by atoms with Crippen molar-refractivity contribution in [2.45, 2.75) is 66.0 Å². The number of carbonyl (C=O) groups is 1. The van der Waals surface area contributed by atoms with Gasteiger partial charge in [-0.15, -0.1) is 0 Å². The monoisotopic (exact) mass is 402 g/mol. The Balaban J connectivity index is 1.67. The number of imidazole rings is 1. The van der Waals surface area contributed by atoms with E-state index in [2.05, 4.69) is 34.0 Å². The molecule has 2 aromatic rings. The van der Waals surface area contributed by atoms with Crippen LogP contribution in [0.25, 0.3) is 11.0 Å². The molecule has 0 aromatic carbocycles. The highest BCUT2D eigenvalue weighted by atomic mass is 16.5. The van der Waals surface area contributed by atoms with E-state index in [-0.39, 0.29) is 12.1 Å². The summed E-state index contributed by atoms with van der Waals surface area (Å²) in [5.41, 5.74) is 10.1. The lowest BCUT2D eigenvalue weighted by Crippen LogP contribution is -2.40. The number of nitrogens with zero attached hydrogens (tertiary/aromatic N) is 3. The Kier molecular flexibility index (Phi) is 6.62. The molecule has 1 fully saturated rings. The zero-order valence-electron chi connectivity index (χ0n) is 18.2. The van der Waals surface area contributed by atoms with Crippen molar-refractivity contribution in [1.29, 1.82) is 0 Å². The number of hydrogen-bond acceptors (Lipinski definition) is 5. The number of nitrogens with two attached hydrogens (primary N) is 1. The molecular formula is C21H34N6O2. The lowest BCUT2D eigenvalue weighted by Gasteiger charge is -2.16. The van der Waals surface area contributed by atoms with E-state index < -0.39 is 0 Å². The van der Waals surface area contributed by atoms with Gasteiger partial charge in [-0.3, -0.25) is 0 Å². The fourth-order valence-electron chi connectivity index (χ4n) is 3.71. The number of pyridine rings is 1. The lowest BCUT2D eigenvalue weighted by molar-refractivity contribution is 0.128. The number of hydrogen-bond donors (Lipinski definition) is 3. The van der Waals surface area contributed by atoms with Crippen molar-refractivity contribution in [1.82, 2.24) is 25.2 Å². The van der Waals surface area contributed by atoms with E-state index in [0.717, 1.165) is 28.1 Å². The number of anilines is 1. The summed E-state index contributed by atoms with van der Waals surface area (Å²) in [6.07, 6.45) is 2.52. The third kappa shape index (κ3) is 4.98. The van der Waals surface area contributed by atoms with Crippen LogP contribution in [-0.4, -0.2) is 46.4 Å². The smallest absolute Gasteiger partial charge is 0.315 e. The first-order valence-corrected chi connectivity index (χ1v) is 10.5. The zero-order chi connectivity index (χ0) is 21.1. The lowest BCUT2D eigenvalue weighted by atomic mass is 10.1. The minimum absolute atomic E-state index is 0.117. The maximum absolute atomic E-state index is 11.6. The van der Waals surface area contributed by atoms with Crippen molar-refractivity contribution >= 4 is 22.9 Å². The van der Waals surface area contributed by atoms with Gasteiger partial charge in [-0.2, -0.15) is 0 Å². The van der Waals surface area contributed by atoms with Gasteiger partial charge in [0.15, 0.2) is 5.82 Å². The van der Waals surface area contributed by atoms with Crippen molar-refractivity contribution in [3.05, 3.63) is 17.1 Å². The first-order valence-electron chi connectivity index (χ1n) is 10.5. The van der Waals surface area contributed by atoms with Crippen LogP contribution in [0.4, 0.5) is 10.6 Å². The Labute approximate surface area is 172 Å². The molecule has 160 valence electrons. The van der Waals surface area contributed by atoms with Crippen molar-refractivity contribution in [3.63, 3.8) is 0 Å². The summed E-state index contributed by atoms with van der Waals surface area (Å²) >= 11 is 0. The molecule has 1 saturated carbocycles. The highest BCUT2D eigenvalue weighted by molar-refractivity contribution is 5.88. The Morgan fingerprint density at radius 2 is 1.97 bits per heavy atom. The molecule has 3 rings (SSSR count). The standard InChI is InChI=1S/C21H34N6O2/c1-12(2)24-21(28)23-8-10-29-11-9-27-18-13(3)15(5)25-19(22)17(18)26-20(27)14(4)16-6-7-16/h12,14,16H,6-11H2,1-5H3,(H2,22,25)(H2,23,24,28). The van der Waals surface area contributed by atoms with Gasteiger partial charge in [-0.25, -0.2) is 14.8 Å². The molecule has 0 radical (unpaired) electrons. The minimum Gasteiger partial charge on any atom is -0.382 e. The summed E-state index contributed by atoms with van der Waals surface area (Å²) in [5.74, 6) is 2.66. The van der Waals surface area contributed by atoms with E-state index in [1.807, 2.05) is 20.8 Å². The first-order chi connectivity index (χ1) is 13.8. The number of amides is 2. The van der Waals surface area contributed by atoms with Crippen LogP contribution in [0.3, 0.4) is 0 Å². The van der Waals surface area contributed by atoms with Crippen LogP contribution in [0.15, 0.2) is 0 Å². The van der Waals surface area contributed by atoms with Gasteiger partial charge < -0.3 is 25.7 Å². The van der Waals surface area contributed by atoms with Gasteiger partial charge in [0.1, 0.15) is 11.3 Å². The van der Waals surface area contributed by atoms with E-state index in [9.17, 15) is 4.79 Å². The number of rotatable bonds is 9. The van der Waals surface area contributed by atoms with Gasteiger partial charge in [0.05, 0.1) is 18.7 Å². The number of fused-ring (bicyclic) bond motifs is 1. The molecule has 1 atom stereocenters. The summed E-state index contributed by atoms with van der Waals surface area (Å²) in [4.78, 5) is 21.0. The van der Waals surface area contributed by atoms with Crippen molar-refractivity contribution in [2.75, 3.05) is 25.5 Å². The summed E-state index contributed by atoms with van der Waals surface area (Å²) < 4.78 is 8.05. The molecule has 29 heavy (non-hydrogen) atoms. The Morgan fingerprint density at radius 3 is 2.62 bits per heavy atom. The van der Waals surface area contributed by atoms with E-state index in [4.69, 9.17) is 15.5 Å². The maximum atomic E-state index is 11.6. The van der Waals surface area contributed by atoms with Crippen molar-refractivity contribution in [3.8, 4) is 0 Å². The van der Waals surface area contributed by atoms with E-state index in [1.54, 1.807) is 0 Å². The molecule has 2 heterocycles. The highest BCUT2D eigenvalue weighted by Gasteiger charge is 2.33. The molecule has 2 amide bonds. The fourth-order valence-corrected chi connectivity index (χ4v) is 3.71. The van der Waals surface area contributed by atoms with Crippen LogP contribution in [0.2, 0.25) is 0 Å². The molecule has 8 heteroatoms. The largest absolute Gasteiger partial charge is 0.382 e. The fraction of sp³-hybridized carbons (Fsp3) is 0.667. The second-order valence-electron chi connectivity index (χ2n) is 8.32. The van der Waals surface area contributed by atoms with E-state index in [1.165, 1.54) is 12.8 Å². The highest BCUT2D eigenvalue weighted by Crippen LogP contribution is 2.43. The zero-order valence-corrected chi connectivity index (χ0v) is 18.2. The third-order valence-electron chi connectivity index (χ3n) is 5.57. The van der Waals surface area contributed by atoms with Crippen LogP contribution in [-0.2, 0) is 11.3 Å². The Bertz CT molecular complexity index is 872.